The summed E-state index contributed by atoms with van der Waals surface area (Å²) in [6.45, 7) is 18.4. The van der Waals surface area contributed by atoms with Gasteiger partial charge in [0, 0.05) is 0 Å². The molecule has 0 radical (unpaired) electrons. The predicted octanol–water partition coefficient (Wildman–Crippen LogP) is 9.69. The summed E-state index contributed by atoms with van der Waals surface area (Å²) < 4.78 is 7.76. The molecule has 0 saturated carbocycles. The minimum absolute atomic E-state index is 0.242. The van der Waals surface area contributed by atoms with Crippen molar-refractivity contribution in [1.82, 2.24) is 0 Å². The Hall–Kier alpha value is -1.58. The van der Waals surface area contributed by atoms with Crippen LogP contribution in [0.3, 0.4) is 0 Å². The highest BCUT2D eigenvalue weighted by Gasteiger charge is 2.19. The van der Waals surface area contributed by atoms with Crippen LogP contribution in [0.15, 0.2) is 69.6 Å². The molecule has 3 rings (SSSR count). The second-order valence-electron chi connectivity index (χ2n) is 10.4. The molecule has 0 amide bonds. The molecule has 0 aliphatic rings. The highest BCUT2D eigenvalue weighted by molar-refractivity contribution is 9.11. The van der Waals surface area contributed by atoms with Gasteiger partial charge in [-0.25, -0.2) is 0 Å². The molecule has 3 aromatic carbocycles. The highest BCUT2D eigenvalue weighted by Crippen LogP contribution is 2.35. The highest BCUT2D eigenvalue weighted by atomic mass is 79.9. The molecule has 0 atom stereocenters. The summed E-state index contributed by atoms with van der Waals surface area (Å²) in [6, 6.07) is 21.2. The van der Waals surface area contributed by atoms with Crippen molar-refractivity contribution in [3.05, 3.63) is 97.4 Å². The number of benzene rings is 3. The monoisotopic (exact) mass is 558 g/mol. The van der Waals surface area contributed by atoms with Crippen molar-refractivity contribution in [2.45, 2.75) is 72.8 Å². The van der Waals surface area contributed by atoms with Crippen LogP contribution in [0.25, 0.3) is 0 Å². The Kier molecular flexibility index (Phi) is 9.19. The average molecular weight is 560 g/mol. The molecule has 0 heterocycles. The third-order valence-corrected chi connectivity index (χ3v) is 6.36. The van der Waals surface area contributed by atoms with E-state index in [0.717, 1.165) is 20.3 Å². The van der Waals surface area contributed by atoms with Crippen molar-refractivity contribution in [1.29, 1.82) is 0 Å². The summed E-state index contributed by atoms with van der Waals surface area (Å²) >= 11 is 7.03. The van der Waals surface area contributed by atoms with E-state index in [2.05, 4.69) is 118 Å². The van der Waals surface area contributed by atoms with Gasteiger partial charge in [-0.15, -0.1) is 0 Å². The minimum atomic E-state index is 0.242. The number of aryl methyl sites for hydroxylation is 2. The van der Waals surface area contributed by atoms with Crippen LogP contribution in [0.4, 0.5) is 0 Å². The van der Waals surface area contributed by atoms with E-state index in [1.54, 1.807) is 0 Å². The fourth-order valence-corrected chi connectivity index (χ4v) is 4.85. The van der Waals surface area contributed by atoms with E-state index in [-0.39, 0.29) is 10.8 Å². The van der Waals surface area contributed by atoms with E-state index >= 15 is 0 Å². The molecule has 3 aromatic rings. The van der Waals surface area contributed by atoms with Crippen molar-refractivity contribution in [3.8, 4) is 5.75 Å². The van der Waals surface area contributed by atoms with E-state index < -0.39 is 0 Å². The van der Waals surface area contributed by atoms with Crippen molar-refractivity contribution in [2.24, 2.45) is 0 Å². The standard InChI is InChI=1S/C15H24.C14H12Br2O/c1-11-8-12(14(2,3)4)10-13(9-11)15(5,6)7;1-10-7-12(15)14(13(16)8-10)17-9-11-5-3-2-4-6-11/h8-10H,1-7H3;2-8H,9H2,1H3. The molecule has 0 fully saturated rings. The van der Waals surface area contributed by atoms with Gasteiger partial charge in [0.1, 0.15) is 12.4 Å². The Morgan fingerprint density at radius 2 is 1.09 bits per heavy atom. The Morgan fingerprint density at radius 3 is 1.53 bits per heavy atom. The lowest BCUT2D eigenvalue weighted by Crippen LogP contribution is -2.16. The molecule has 0 aliphatic carbocycles. The second-order valence-corrected chi connectivity index (χ2v) is 12.1. The van der Waals surface area contributed by atoms with Gasteiger partial charge < -0.3 is 4.74 Å². The number of halogens is 2. The normalized spacial score (nSPS) is 11.6. The molecule has 0 N–H and O–H groups in total. The smallest absolute Gasteiger partial charge is 0.148 e. The SMILES string of the molecule is Cc1cc(Br)c(OCc2ccccc2)c(Br)c1.Cc1cc(C(C)(C)C)cc(C(C)(C)C)c1. The molecule has 32 heavy (non-hydrogen) atoms. The van der Waals surface area contributed by atoms with Crippen LogP contribution in [0.1, 0.15) is 69.4 Å². The summed E-state index contributed by atoms with van der Waals surface area (Å²) in [6.07, 6.45) is 0. The molecule has 1 nitrogen and oxygen atoms in total. The Balaban J connectivity index is 0.000000229. The zero-order valence-corrected chi connectivity index (χ0v) is 23.8. The zero-order chi connectivity index (χ0) is 24.1. The van der Waals surface area contributed by atoms with Gasteiger partial charge in [0.2, 0.25) is 0 Å². The van der Waals surface area contributed by atoms with Crippen molar-refractivity contribution < 1.29 is 4.74 Å². The van der Waals surface area contributed by atoms with Crippen molar-refractivity contribution >= 4 is 31.9 Å². The maximum atomic E-state index is 5.81. The van der Waals surface area contributed by atoms with E-state index in [9.17, 15) is 0 Å². The summed E-state index contributed by atoms with van der Waals surface area (Å²) in [5, 5.41) is 0. The molecule has 0 spiro atoms. The van der Waals surface area contributed by atoms with Crippen LogP contribution in [-0.4, -0.2) is 0 Å². The van der Waals surface area contributed by atoms with E-state index in [0.29, 0.717) is 6.61 Å². The van der Waals surface area contributed by atoms with Crippen LogP contribution in [0, 0.1) is 13.8 Å². The molecular weight excluding hydrogens is 524 g/mol. The van der Waals surface area contributed by atoms with Crippen LogP contribution in [0.5, 0.6) is 5.75 Å². The molecule has 172 valence electrons. The second kappa shape index (κ2) is 11.0. The lowest BCUT2D eigenvalue weighted by atomic mass is 9.80. The van der Waals surface area contributed by atoms with Crippen molar-refractivity contribution in [2.75, 3.05) is 0 Å². The summed E-state index contributed by atoms with van der Waals surface area (Å²) in [5.41, 5.74) is 7.08. The van der Waals surface area contributed by atoms with Crippen LogP contribution < -0.4 is 4.74 Å². The Morgan fingerprint density at radius 1 is 0.656 bits per heavy atom. The van der Waals surface area contributed by atoms with E-state index in [4.69, 9.17) is 4.74 Å². The number of ether oxygens (including phenoxy) is 1. The maximum absolute atomic E-state index is 5.81. The maximum Gasteiger partial charge on any atom is 0.148 e. The van der Waals surface area contributed by atoms with Gasteiger partial charge in [-0.05, 0) is 90.9 Å². The fourth-order valence-electron chi connectivity index (χ4n) is 3.20. The minimum Gasteiger partial charge on any atom is -0.487 e. The van der Waals surface area contributed by atoms with Gasteiger partial charge in [0.15, 0.2) is 0 Å². The quantitative estimate of drug-likeness (QED) is 0.310. The van der Waals surface area contributed by atoms with Crippen LogP contribution in [0.2, 0.25) is 0 Å². The first kappa shape index (κ1) is 26.7. The van der Waals surface area contributed by atoms with Gasteiger partial charge in [-0.3, -0.25) is 0 Å². The molecular formula is C29H36Br2O. The van der Waals surface area contributed by atoms with E-state index in [1.807, 2.05) is 30.3 Å². The predicted molar refractivity (Wildman–Crippen MR) is 146 cm³/mol. The van der Waals surface area contributed by atoms with Crippen LogP contribution >= 0.6 is 31.9 Å². The third kappa shape index (κ3) is 8.08. The molecule has 3 heteroatoms. The lowest BCUT2D eigenvalue weighted by Gasteiger charge is -2.25. The number of rotatable bonds is 3. The Labute approximate surface area is 211 Å². The summed E-state index contributed by atoms with van der Waals surface area (Å²) in [7, 11) is 0. The number of hydrogen-bond donors (Lipinski definition) is 0. The molecule has 0 aromatic heterocycles. The van der Waals surface area contributed by atoms with E-state index in [1.165, 1.54) is 22.3 Å². The summed E-state index contributed by atoms with van der Waals surface area (Å²) in [5.74, 6) is 0.847. The summed E-state index contributed by atoms with van der Waals surface area (Å²) in [4.78, 5) is 0. The van der Waals surface area contributed by atoms with Crippen molar-refractivity contribution in [3.63, 3.8) is 0 Å². The molecule has 0 unspecified atom stereocenters. The largest absolute Gasteiger partial charge is 0.487 e. The first-order valence-electron chi connectivity index (χ1n) is 11.0. The first-order chi connectivity index (χ1) is 14.8. The Bertz CT molecular complexity index is 970. The van der Waals surface area contributed by atoms with Crippen LogP contribution in [-0.2, 0) is 17.4 Å². The number of hydrogen-bond acceptors (Lipinski definition) is 1. The zero-order valence-electron chi connectivity index (χ0n) is 20.6. The topological polar surface area (TPSA) is 9.23 Å². The molecule has 0 bridgehead atoms. The van der Waals surface area contributed by atoms with Gasteiger partial charge in [0.05, 0.1) is 8.95 Å². The molecule has 0 aliphatic heterocycles. The third-order valence-electron chi connectivity index (χ3n) is 5.18. The average Bonchev–Trinajstić information content (AvgIpc) is 2.66. The fraction of sp³-hybridized carbons (Fsp3) is 0.379. The first-order valence-corrected chi connectivity index (χ1v) is 12.6. The van der Waals surface area contributed by atoms with Gasteiger partial charge in [-0.1, -0.05) is 95.6 Å². The van der Waals surface area contributed by atoms with Gasteiger partial charge in [0.25, 0.3) is 0 Å². The van der Waals surface area contributed by atoms with Gasteiger partial charge >= 0.3 is 0 Å². The van der Waals surface area contributed by atoms with Gasteiger partial charge in [-0.2, -0.15) is 0 Å². The lowest BCUT2D eigenvalue weighted by molar-refractivity contribution is 0.302. The molecule has 0 saturated heterocycles.